The Hall–Kier alpha value is -4.76. The van der Waals surface area contributed by atoms with Crippen LogP contribution in [0.1, 0.15) is 36.1 Å². The van der Waals surface area contributed by atoms with Crippen LogP contribution in [-0.4, -0.2) is 18.8 Å². The number of hydrogen-bond acceptors (Lipinski definition) is 3. The Balaban J connectivity index is 1.83. The average molecular weight is 524 g/mol. The van der Waals surface area contributed by atoms with Crippen molar-refractivity contribution >= 4 is 11.7 Å². The quantitative estimate of drug-likeness (QED) is 0.152. The number of rotatable bonds is 8. The monoisotopic (exact) mass is 523 g/mol. The molecule has 0 aliphatic rings. The van der Waals surface area contributed by atoms with Crippen LogP contribution >= 0.6 is 0 Å². The van der Waals surface area contributed by atoms with Crippen LogP contribution in [0.5, 0.6) is 0 Å². The summed E-state index contributed by atoms with van der Waals surface area (Å²) in [4.78, 5) is 19.8. The number of hydrogen-bond donors (Lipinski definition) is 0. The van der Waals surface area contributed by atoms with E-state index in [-0.39, 0.29) is 0 Å². The van der Waals surface area contributed by atoms with Crippen molar-refractivity contribution in [1.82, 2.24) is 0 Å². The zero-order chi connectivity index (χ0) is 28.0. The summed E-state index contributed by atoms with van der Waals surface area (Å²) in [6, 6.07) is 48.5. The molecule has 0 saturated carbocycles. The number of esters is 1. The number of carbonyl (C=O) groups is 1. The third-order valence-electron chi connectivity index (χ3n) is 7.66. The molecular weight excluding hydrogens is 490 g/mol. The molecule has 0 N–H and O–H groups in total. The van der Waals surface area contributed by atoms with Gasteiger partial charge in [-0.3, -0.25) is 4.99 Å². The normalized spacial score (nSPS) is 12.7. The molecule has 0 amide bonds. The van der Waals surface area contributed by atoms with Crippen molar-refractivity contribution in [1.29, 1.82) is 0 Å². The van der Waals surface area contributed by atoms with Crippen molar-refractivity contribution in [3.05, 3.63) is 168 Å². The van der Waals surface area contributed by atoms with Crippen molar-refractivity contribution in [3.63, 3.8) is 0 Å². The van der Waals surface area contributed by atoms with Crippen molar-refractivity contribution in [2.24, 2.45) is 4.99 Å². The fourth-order valence-electron chi connectivity index (χ4n) is 5.39. The highest BCUT2D eigenvalue weighted by Gasteiger charge is 2.55. The standard InChI is InChI=1S/C37H33NO2/c1-36(2,32-22-14-7-15-23-32)37(35(39)40-3,33-26-24-29(25-27-33)28-16-8-4-9-17-28)38-34(30-18-10-5-11-19-30)31-20-12-6-13-21-31/h4-27H,1-3H3. The van der Waals surface area contributed by atoms with E-state index in [1.165, 1.54) is 7.11 Å². The Morgan fingerprint density at radius 1 is 0.550 bits per heavy atom. The predicted molar refractivity (Wildman–Crippen MR) is 164 cm³/mol. The van der Waals surface area contributed by atoms with Gasteiger partial charge in [0.15, 0.2) is 5.54 Å². The Bertz CT molecular complexity index is 1540. The van der Waals surface area contributed by atoms with Gasteiger partial charge in [-0.05, 0) is 22.3 Å². The van der Waals surface area contributed by atoms with Crippen molar-refractivity contribution in [2.75, 3.05) is 7.11 Å². The van der Waals surface area contributed by atoms with Crippen molar-refractivity contribution in [2.45, 2.75) is 24.8 Å². The third-order valence-corrected chi connectivity index (χ3v) is 7.66. The molecule has 0 saturated heterocycles. The van der Waals surface area contributed by atoms with E-state index in [0.717, 1.165) is 39.1 Å². The molecule has 40 heavy (non-hydrogen) atoms. The Kier molecular flexibility index (Phi) is 7.75. The lowest BCUT2D eigenvalue weighted by molar-refractivity contribution is -0.150. The van der Waals surface area contributed by atoms with Gasteiger partial charge in [0.1, 0.15) is 0 Å². The summed E-state index contributed by atoms with van der Waals surface area (Å²) in [5.74, 6) is -0.418. The van der Waals surface area contributed by atoms with Crippen LogP contribution in [-0.2, 0) is 20.5 Å². The second-order valence-corrected chi connectivity index (χ2v) is 10.3. The fraction of sp³-hybridized carbons (Fsp3) is 0.135. The molecule has 3 nitrogen and oxygen atoms in total. The lowest BCUT2D eigenvalue weighted by atomic mass is 9.64. The molecule has 198 valence electrons. The van der Waals surface area contributed by atoms with Crippen molar-refractivity contribution in [3.8, 4) is 11.1 Å². The van der Waals surface area contributed by atoms with Gasteiger partial charge in [-0.1, -0.05) is 159 Å². The first kappa shape index (κ1) is 26.8. The summed E-state index contributed by atoms with van der Waals surface area (Å²) < 4.78 is 5.62. The molecule has 0 fully saturated rings. The largest absolute Gasteiger partial charge is 0.467 e. The van der Waals surface area contributed by atoms with Gasteiger partial charge in [0, 0.05) is 16.5 Å². The number of methoxy groups -OCH3 is 1. The maximum absolute atomic E-state index is 14.3. The SMILES string of the molecule is COC(=O)C(N=C(c1ccccc1)c1ccccc1)(c1ccc(-c2ccccc2)cc1)C(C)(C)c1ccccc1. The molecule has 0 aromatic heterocycles. The second kappa shape index (κ2) is 11.5. The topological polar surface area (TPSA) is 38.7 Å². The fourth-order valence-corrected chi connectivity index (χ4v) is 5.39. The molecule has 0 heterocycles. The minimum atomic E-state index is -1.40. The molecule has 0 spiro atoms. The van der Waals surface area contributed by atoms with Gasteiger partial charge in [0.05, 0.1) is 12.8 Å². The van der Waals surface area contributed by atoms with Crippen LogP contribution in [0.2, 0.25) is 0 Å². The van der Waals surface area contributed by atoms with Crippen molar-refractivity contribution < 1.29 is 9.53 Å². The van der Waals surface area contributed by atoms with Crippen LogP contribution in [0.4, 0.5) is 0 Å². The van der Waals surface area contributed by atoms with E-state index in [9.17, 15) is 4.79 Å². The Labute approximate surface area is 236 Å². The highest BCUT2D eigenvalue weighted by molar-refractivity contribution is 6.14. The van der Waals surface area contributed by atoms with E-state index in [2.05, 4.69) is 50.2 Å². The second-order valence-electron chi connectivity index (χ2n) is 10.3. The summed E-state index contributed by atoms with van der Waals surface area (Å²) >= 11 is 0. The third kappa shape index (κ3) is 4.99. The minimum Gasteiger partial charge on any atom is -0.467 e. The maximum Gasteiger partial charge on any atom is 0.339 e. The molecule has 5 rings (SSSR count). The lowest BCUT2D eigenvalue weighted by Crippen LogP contribution is -2.51. The summed E-state index contributed by atoms with van der Waals surface area (Å²) in [6.45, 7) is 4.14. The van der Waals surface area contributed by atoms with Gasteiger partial charge >= 0.3 is 5.97 Å². The maximum atomic E-state index is 14.3. The van der Waals surface area contributed by atoms with E-state index in [1.807, 2.05) is 109 Å². The molecule has 1 atom stereocenters. The first-order valence-electron chi connectivity index (χ1n) is 13.5. The molecule has 0 radical (unpaired) electrons. The number of aliphatic imine (C=N–C) groups is 1. The molecule has 0 aliphatic carbocycles. The first-order chi connectivity index (χ1) is 19.5. The zero-order valence-corrected chi connectivity index (χ0v) is 23.1. The van der Waals surface area contributed by atoms with E-state index in [4.69, 9.17) is 9.73 Å². The van der Waals surface area contributed by atoms with Gasteiger partial charge in [-0.25, -0.2) is 4.79 Å². The number of benzene rings is 5. The first-order valence-corrected chi connectivity index (χ1v) is 13.5. The number of ether oxygens (including phenoxy) is 1. The molecular formula is C37H33NO2. The van der Waals surface area contributed by atoms with Crippen LogP contribution in [0.25, 0.3) is 11.1 Å². The van der Waals surface area contributed by atoms with Crippen LogP contribution in [0, 0.1) is 0 Å². The van der Waals surface area contributed by atoms with Gasteiger partial charge in [0.25, 0.3) is 0 Å². The Morgan fingerprint density at radius 3 is 1.45 bits per heavy atom. The van der Waals surface area contributed by atoms with Gasteiger partial charge in [0.2, 0.25) is 0 Å². The van der Waals surface area contributed by atoms with Gasteiger partial charge < -0.3 is 4.74 Å². The highest BCUT2D eigenvalue weighted by atomic mass is 16.5. The lowest BCUT2D eigenvalue weighted by Gasteiger charge is -2.43. The molecule has 0 aliphatic heterocycles. The van der Waals surface area contributed by atoms with Crippen LogP contribution < -0.4 is 0 Å². The molecule has 1 unspecified atom stereocenters. The average Bonchev–Trinajstić information content (AvgIpc) is 3.03. The summed E-state index contributed by atoms with van der Waals surface area (Å²) in [5, 5.41) is 0. The van der Waals surface area contributed by atoms with Crippen LogP contribution in [0.3, 0.4) is 0 Å². The summed E-state index contributed by atoms with van der Waals surface area (Å²) in [6.07, 6.45) is 0. The van der Waals surface area contributed by atoms with Crippen LogP contribution in [0.15, 0.2) is 151 Å². The minimum absolute atomic E-state index is 0.418. The molecule has 3 heteroatoms. The smallest absolute Gasteiger partial charge is 0.339 e. The van der Waals surface area contributed by atoms with E-state index >= 15 is 0 Å². The molecule has 5 aromatic rings. The van der Waals surface area contributed by atoms with E-state index < -0.39 is 16.9 Å². The van der Waals surface area contributed by atoms with E-state index in [0.29, 0.717) is 0 Å². The highest BCUT2D eigenvalue weighted by Crippen LogP contribution is 2.47. The Morgan fingerprint density at radius 2 is 0.975 bits per heavy atom. The van der Waals surface area contributed by atoms with Gasteiger partial charge in [-0.15, -0.1) is 0 Å². The van der Waals surface area contributed by atoms with E-state index in [1.54, 1.807) is 0 Å². The molecule has 5 aromatic carbocycles. The molecule has 0 bridgehead atoms. The zero-order valence-electron chi connectivity index (χ0n) is 23.1. The number of nitrogens with zero attached hydrogens (tertiary/aromatic N) is 1. The summed E-state index contributed by atoms with van der Waals surface area (Å²) in [7, 11) is 1.44. The predicted octanol–water partition coefficient (Wildman–Crippen LogP) is 8.24. The van der Waals surface area contributed by atoms with Gasteiger partial charge in [-0.2, -0.15) is 0 Å². The summed E-state index contributed by atoms with van der Waals surface area (Å²) in [5.41, 5.74) is 4.30. The number of carbonyl (C=O) groups excluding carboxylic acids is 1.